The van der Waals surface area contributed by atoms with Gasteiger partial charge >= 0.3 is 0 Å². The van der Waals surface area contributed by atoms with Gasteiger partial charge in [0.05, 0.1) is 5.56 Å². The van der Waals surface area contributed by atoms with Gasteiger partial charge in [0.1, 0.15) is 17.5 Å². The first-order chi connectivity index (χ1) is 16.6. The second-order valence-corrected chi connectivity index (χ2v) is 7.72. The average Bonchev–Trinajstić information content (AvgIpc) is 2.79. The third kappa shape index (κ3) is 3.50. The normalized spacial score (nSPS) is 11.6. The Morgan fingerprint density at radius 3 is 1.46 bits per heavy atom. The molecule has 0 saturated carbocycles. The minimum absolute atomic E-state index is 0.0400. The SMILES string of the molecule is Fc1ccc(-c2c3ccc(F)cc3c(-c3c(F)c(F)cc(F)c3F)c3cc(F)c(F)cc23)c(F)c1. The Bertz CT molecular complexity index is 1660. The van der Waals surface area contributed by atoms with Gasteiger partial charge in [0.15, 0.2) is 34.9 Å². The Kier molecular flexibility index (Phi) is 5.23. The largest absolute Gasteiger partial charge is 0.207 e. The minimum atomic E-state index is -1.86. The minimum Gasteiger partial charge on any atom is -0.207 e. The van der Waals surface area contributed by atoms with Gasteiger partial charge in [-0.3, -0.25) is 0 Å². The van der Waals surface area contributed by atoms with Crippen LogP contribution in [0.5, 0.6) is 0 Å². The molecule has 0 radical (unpaired) electrons. The molecule has 0 N–H and O–H groups in total. The molecule has 35 heavy (non-hydrogen) atoms. The summed E-state index contributed by atoms with van der Waals surface area (Å²) in [7, 11) is 0. The van der Waals surface area contributed by atoms with Crippen LogP contribution in [-0.4, -0.2) is 0 Å². The van der Waals surface area contributed by atoms with Crippen molar-refractivity contribution in [2.24, 2.45) is 0 Å². The fourth-order valence-electron chi connectivity index (χ4n) is 4.24. The van der Waals surface area contributed by atoms with Crippen molar-refractivity contribution in [2.45, 2.75) is 0 Å². The summed E-state index contributed by atoms with van der Waals surface area (Å²) in [5.74, 6) is -13.2. The molecule has 0 spiro atoms. The van der Waals surface area contributed by atoms with Crippen molar-refractivity contribution in [1.29, 1.82) is 0 Å². The molecule has 0 aromatic heterocycles. The first-order valence-corrected chi connectivity index (χ1v) is 9.91. The van der Waals surface area contributed by atoms with Gasteiger partial charge in [-0.05, 0) is 57.9 Å². The molecule has 0 bridgehead atoms. The number of halogens is 9. The first kappa shape index (κ1) is 22.8. The highest BCUT2D eigenvalue weighted by molar-refractivity contribution is 6.21. The smallest absolute Gasteiger partial charge is 0.169 e. The highest BCUT2D eigenvalue weighted by atomic mass is 19.2. The number of hydrogen-bond acceptors (Lipinski definition) is 0. The van der Waals surface area contributed by atoms with Crippen LogP contribution in [0.4, 0.5) is 39.5 Å². The first-order valence-electron chi connectivity index (χ1n) is 9.91. The lowest BCUT2D eigenvalue weighted by Gasteiger charge is -2.19. The van der Waals surface area contributed by atoms with Crippen molar-refractivity contribution < 1.29 is 39.5 Å². The van der Waals surface area contributed by atoms with Gasteiger partial charge in [0.2, 0.25) is 0 Å². The molecule has 5 rings (SSSR count). The van der Waals surface area contributed by atoms with E-state index in [1.807, 2.05) is 0 Å². The van der Waals surface area contributed by atoms with E-state index in [-0.39, 0.29) is 33.4 Å². The van der Waals surface area contributed by atoms with Crippen LogP contribution in [-0.2, 0) is 0 Å². The molecule has 0 aliphatic rings. The third-order valence-corrected chi connectivity index (χ3v) is 5.68. The van der Waals surface area contributed by atoms with Crippen LogP contribution in [0.3, 0.4) is 0 Å². The van der Waals surface area contributed by atoms with Crippen molar-refractivity contribution in [3.05, 3.63) is 107 Å². The quantitative estimate of drug-likeness (QED) is 0.132. The van der Waals surface area contributed by atoms with Crippen LogP contribution in [0.25, 0.3) is 43.8 Å². The van der Waals surface area contributed by atoms with Gasteiger partial charge in [0, 0.05) is 28.8 Å². The zero-order valence-electron chi connectivity index (χ0n) is 17.1. The van der Waals surface area contributed by atoms with Crippen LogP contribution in [0, 0.1) is 52.4 Å². The van der Waals surface area contributed by atoms with E-state index in [0.29, 0.717) is 18.2 Å². The molecule has 5 aromatic rings. The number of fused-ring (bicyclic) bond motifs is 2. The van der Waals surface area contributed by atoms with E-state index in [2.05, 4.69) is 0 Å². The fourth-order valence-corrected chi connectivity index (χ4v) is 4.24. The highest BCUT2D eigenvalue weighted by Gasteiger charge is 2.27. The highest BCUT2D eigenvalue weighted by Crippen LogP contribution is 2.46. The molecule has 5 aromatic carbocycles. The fraction of sp³-hybridized carbons (Fsp3) is 0. The molecule has 0 fully saturated rings. The van der Waals surface area contributed by atoms with Gasteiger partial charge in [0.25, 0.3) is 0 Å². The third-order valence-electron chi connectivity index (χ3n) is 5.68. The van der Waals surface area contributed by atoms with Crippen molar-refractivity contribution in [3.63, 3.8) is 0 Å². The van der Waals surface area contributed by atoms with Gasteiger partial charge < -0.3 is 0 Å². The monoisotopic (exact) mass is 492 g/mol. The molecule has 9 heteroatoms. The molecule has 0 aliphatic carbocycles. The summed E-state index contributed by atoms with van der Waals surface area (Å²) in [4.78, 5) is 0. The molecule has 0 heterocycles. The van der Waals surface area contributed by atoms with Crippen molar-refractivity contribution >= 4 is 21.5 Å². The standard InChI is InChI=1S/C26H9F9/c27-10-1-3-12-14(5-10)23(24-25(34)20(32)9-21(33)26(24)35)16-8-19(31)18(30)7-15(16)22(12)13-4-2-11(28)6-17(13)29/h1-9H. The van der Waals surface area contributed by atoms with E-state index in [4.69, 9.17) is 0 Å². The Morgan fingerprint density at radius 2 is 0.857 bits per heavy atom. The number of benzene rings is 5. The Balaban J connectivity index is 2.11. The lowest BCUT2D eigenvalue weighted by molar-refractivity contribution is 0.458. The molecule has 0 atom stereocenters. The van der Waals surface area contributed by atoms with Crippen molar-refractivity contribution in [3.8, 4) is 22.3 Å². The molecule has 0 unspecified atom stereocenters. The average molecular weight is 492 g/mol. The Morgan fingerprint density at radius 1 is 0.343 bits per heavy atom. The van der Waals surface area contributed by atoms with Crippen LogP contribution in [0.15, 0.2) is 54.6 Å². The summed E-state index contributed by atoms with van der Waals surface area (Å²) in [5.41, 5.74) is -2.49. The van der Waals surface area contributed by atoms with Gasteiger partial charge in [-0.25, -0.2) is 39.5 Å². The summed E-state index contributed by atoms with van der Waals surface area (Å²) in [6.45, 7) is 0. The van der Waals surface area contributed by atoms with Crippen LogP contribution < -0.4 is 0 Å². The molecule has 0 saturated heterocycles. The summed E-state index contributed by atoms with van der Waals surface area (Å²) < 4.78 is 129. The van der Waals surface area contributed by atoms with E-state index in [0.717, 1.165) is 30.3 Å². The summed E-state index contributed by atoms with van der Waals surface area (Å²) in [5, 5.41) is -1.34. The van der Waals surface area contributed by atoms with Crippen LogP contribution in [0.2, 0.25) is 0 Å². The molecular weight excluding hydrogens is 483 g/mol. The topological polar surface area (TPSA) is 0 Å². The van der Waals surface area contributed by atoms with E-state index in [1.54, 1.807) is 0 Å². The van der Waals surface area contributed by atoms with Crippen LogP contribution in [0.1, 0.15) is 0 Å². The predicted octanol–water partition coefficient (Wildman–Crippen LogP) is 8.58. The summed E-state index contributed by atoms with van der Waals surface area (Å²) in [6, 6.07) is 6.17. The van der Waals surface area contributed by atoms with E-state index in [1.165, 1.54) is 0 Å². The van der Waals surface area contributed by atoms with Gasteiger partial charge in [-0.1, -0.05) is 6.07 Å². The molecule has 0 nitrogen and oxygen atoms in total. The van der Waals surface area contributed by atoms with Crippen molar-refractivity contribution in [2.75, 3.05) is 0 Å². The summed E-state index contributed by atoms with van der Waals surface area (Å²) >= 11 is 0. The van der Waals surface area contributed by atoms with Gasteiger partial charge in [-0.2, -0.15) is 0 Å². The maximum atomic E-state index is 14.9. The zero-order valence-corrected chi connectivity index (χ0v) is 17.1. The van der Waals surface area contributed by atoms with Crippen LogP contribution >= 0.6 is 0 Å². The predicted molar refractivity (Wildman–Crippen MR) is 112 cm³/mol. The second kappa shape index (κ2) is 8.04. The van der Waals surface area contributed by atoms with E-state index < -0.39 is 68.9 Å². The number of hydrogen-bond donors (Lipinski definition) is 0. The maximum absolute atomic E-state index is 14.9. The molecule has 0 aliphatic heterocycles. The molecule has 176 valence electrons. The lowest BCUT2D eigenvalue weighted by atomic mass is 9.85. The molecule has 0 amide bonds. The second-order valence-electron chi connectivity index (χ2n) is 7.72. The Hall–Kier alpha value is -4.01. The summed E-state index contributed by atoms with van der Waals surface area (Å²) in [6.07, 6.45) is 0. The van der Waals surface area contributed by atoms with Gasteiger partial charge in [-0.15, -0.1) is 0 Å². The molecular formula is C26H9F9. The lowest BCUT2D eigenvalue weighted by Crippen LogP contribution is -2.02. The number of rotatable bonds is 2. The van der Waals surface area contributed by atoms with E-state index in [9.17, 15) is 39.5 Å². The maximum Gasteiger partial charge on any atom is 0.169 e. The zero-order chi connectivity index (χ0) is 25.2. The van der Waals surface area contributed by atoms with Crippen molar-refractivity contribution in [1.82, 2.24) is 0 Å². The Labute approximate surface area is 190 Å². The van der Waals surface area contributed by atoms with E-state index >= 15 is 0 Å².